The van der Waals surface area contributed by atoms with Gasteiger partial charge in [-0.1, -0.05) is 24.6 Å². The molecule has 0 N–H and O–H groups in total. The molecule has 1 aliphatic carbocycles. The van der Waals surface area contributed by atoms with E-state index in [0.29, 0.717) is 23.8 Å². The molecule has 0 spiro atoms. The van der Waals surface area contributed by atoms with Crippen LogP contribution in [0.2, 0.25) is 0 Å². The standard InChI is InChI=1S/C22H25N3O3/c1-27-19-10-5-7-16(14-19)13-17(26)15-20-23-21-11-6-12-22(25(21)24-20)28-18-8-3-2-4-9-18/h5-7,10-12,14,18H,2-4,8-9,13,15H2,1H3. The molecule has 1 aliphatic rings. The summed E-state index contributed by atoms with van der Waals surface area (Å²) in [5, 5.41) is 4.53. The van der Waals surface area contributed by atoms with Crippen molar-refractivity contribution in [3.63, 3.8) is 0 Å². The van der Waals surface area contributed by atoms with Gasteiger partial charge in [-0.25, -0.2) is 4.98 Å². The van der Waals surface area contributed by atoms with Crippen LogP contribution in [-0.4, -0.2) is 33.6 Å². The summed E-state index contributed by atoms with van der Waals surface area (Å²) in [7, 11) is 1.62. The molecule has 1 fully saturated rings. The SMILES string of the molecule is COc1cccc(CC(=O)Cc2nc3cccc(OC4CCCCC4)n3n2)c1. The topological polar surface area (TPSA) is 65.7 Å². The van der Waals surface area contributed by atoms with Crippen LogP contribution in [0.3, 0.4) is 0 Å². The second-order valence-electron chi connectivity index (χ2n) is 7.28. The Labute approximate surface area is 164 Å². The van der Waals surface area contributed by atoms with Crippen molar-refractivity contribution >= 4 is 11.4 Å². The molecular weight excluding hydrogens is 354 g/mol. The Morgan fingerprint density at radius 2 is 1.93 bits per heavy atom. The zero-order valence-electron chi connectivity index (χ0n) is 16.1. The smallest absolute Gasteiger partial charge is 0.216 e. The van der Waals surface area contributed by atoms with Crippen molar-refractivity contribution in [1.82, 2.24) is 14.6 Å². The molecule has 28 heavy (non-hydrogen) atoms. The van der Waals surface area contributed by atoms with Gasteiger partial charge in [-0.05, 0) is 49.4 Å². The molecule has 0 aliphatic heterocycles. The third-order valence-corrected chi connectivity index (χ3v) is 5.10. The first-order valence-electron chi connectivity index (χ1n) is 9.87. The van der Waals surface area contributed by atoms with E-state index in [1.54, 1.807) is 11.6 Å². The Bertz CT molecular complexity index is 961. The van der Waals surface area contributed by atoms with Gasteiger partial charge in [0.2, 0.25) is 5.88 Å². The van der Waals surface area contributed by atoms with Gasteiger partial charge in [-0.3, -0.25) is 4.79 Å². The zero-order chi connectivity index (χ0) is 19.3. The predicted molar refractivity (Wildman–Crippen MR) is 106 cm³/mol. The second kappa shape index (κ2) is 8.42. The van der Waals surface area contributed by atoms with Crippen molar-refractivity contribution in [1.29, 1.82) is 0 Å². The number of nitrogens with zero attached hydrogens (tertiary/aromatic N) is 3. The van der Waals surface area contributed by atoms with Gasteiger partial charge in [0.25, 0.3) is 0 Å². The quantitative estimate of drug-likeness (QED) is 0.625. The Morgan fingerprint density at radius 1 is 1.11 bits per heavy atom. The van der Waals surface area contributed by atoms with E-state index in [4.69, 9.17) is 9.47 Å². The summed E-state index contributed by atoms with van der Waals surface area (Å²) in [5.74, 6) is 2.04. The van der Waals surface area contributed by atoms with Crippen LogP contribution in [-0.2, 0) is 17.6 Å². The molecule has 6 heteroatoms. The van der Waals surface area contributed by atoms with Gasteiger partial charge >= 0.3 is 0 Å². The third kappa shape index (κ3) is 4.32. The molecular formula is C22H25N3O3. The van der Waals surface area contributed by atoms with Crippen molar-refractivity contribution in [2.75, 3.05) is 7.11 Å². The molecule has 0 atom stereocenters. The van der Waals surface area contributed by atoms with E-state index in [1.807, 2.05) is 42.5 Å². The lowest BCUT2D eigenvalue weighted by Crippen LogP contribution is -2.21. The van der Waals surface area contributed by atoms with Crippen molar-refractivity contribution in [3.05, 3.63) is 53.9 Å². The van der Waals surface area contributed by atoms with Crippen molar-refractivity contribution in [3.8, 4) is 11.6 Å². The highest BCUT2D eigenvalue weighted by atomic mass is 16.5. The van der Waals surface area contributed by atoms with Crippen molar-refractivity contribution in [2.24, 2.45) is 0 Å². The summed E-state index contributed by atoms with van der Waals surface area (Å²) in [5.41, 5.74) is 1.63. The first-order valence-corrected chi connectivity index (χ1v) is 9.87. The van der Waals surface area contributed by atoms with Crippen LogP contribution in [0.5, 0.6) is 11.6 Å². The Morgan fingerprint density at radius 3 is 2.75 bits per heavy atom. The van der Waals surface area contributed by atoms with Crippen LogP contribution in [0.25, 0.3) is 5.65 Å². The summed E-state index contributed by atoms with van der Waals surface area (Å²) in [6.45, 7) is 0. The molecule has 0 radical (unpaired) electrons. The summed E-state index contributed by atoms with van der Waals surface area (Å²) >= 11 is 0. The fourth-order valence-electron chi connectivity index (χ4n) is 3.69. The lowest BCUT2D eigenvalue weighted by molar-refractivity contribution is -0.117. The van der Waals surface area contributed by atoms with E-state index in [2.05, 4.69) is 10.1 Å². The van der Waals surface area contributed by atoms with Gasteiger partial charge in [-0.2, -0.15) is 4.52 Å². The van der Waals surface area contributed by atoms with Gasteiger partial charge in [0.1, 0.15) is 17.6 Å². The number of carbonyl (C=O) groups is 1. The maximum Gasteiger partial charge on any atom is 0.216 e. The molecule has 6 nitrogen and oxygen atoms in total. The molecule has 0 bridgehead atoms. The number of Topliss-reactive ketones (excluding diaryl/α,β-unsaturated/α-hetero) is 1. The number of carbonyl (C=O) groups excluding carboxylic acids is 1. The van der Waals surface area contributed by atoms with Gasteiger partial charge in [0, 0.05) is 12.5 Å². The number of ketones is 1. The maximum absolute atomic E-state index is 12.5. The number of hydrogen-bond donors (Lipinski definition) is 0. The van der Waals surface area contributed by atoms with E-state index >= 15 is 0 Å². The molecule has 0 saturated heterocycles. The summed E-state index contributed by atoms with van der Waals surface area (Å²) in [6.07, 6.45) is 6.63. The number of benzene rings is 1. The van der Waals surface area contributed by atoms with Gasteiger partial charge in [0.15, 0.2) is 11.5 Å². The monoisotopic (exact) mass is 379 g/mol. The molecule has 0 amide bonds. The fourth-order valence-corrected chi connectivity index (χ4v) is 3.69. The van der Waals surface area contributed by atoms with Crippen LogP contribution in [0.1, 0.15) is 43.5 Å². The largest absolute Gasteiger partial charge is 0.497 e. The second-order valence-corrected chi connectivity index (χ2v) is 7.28. The van der Waals surface area contributed by atoms with Crippen LogP contribution >= 0.6 is 0 Å². The fraction of sp³-hybridized carbons (Fsp3) is 0.409. The number of hydrogen-bond acceptors (Lipinski definition) is 5. The molecule has 1 saturated carbocycles. The Kier molecular flexibility index (Phi) is 5.55. The number of pyridine rings is 1. The van der Waals surface area contributed by atoms with E-state index in [1.165, 1.54) is 19.3 Å². The molecule has 4 rings (SSSR count). The normalized spacial score (nSPS) is 14.9. The average molecular weight is 379 g/mol. The van der Waals surface area contributed by atoms with Crippen LogP contribution in [0.15, 0.2) is 42.5 Å². The maximum atomic E-state index is 12.5. The highest BCUT2D eigenvalue weighted by molar-refractivity contribution is 5.82. The Balaban J connectivity index is 1.46. The minimum Gasteiger partial charge on any atom is -0.497 e. The average Bonchev–Trinajstić information content (AvgIpc) is 3.12. The molecule has 146 valence electrons. The molecule has 0 unspecified atom stereocenters. The molecule has 2 aromatic heterocycles. The number of ether oxygens (including phenoxy) is 2. The molecule has 2 heterocycles. The van der Waals surface area contributed by atoms with Crippen LogP contribution in [0.4, 0.5) is 0 Å². The highest BCUT2D eigenvalue weighted by Gasteiger charge is 2.18. The lowest BCUT2D eigenvalue weighted by atomic mass is 9.98. The molecule has 1 aromatic carbocycles. The minimum absolute atomic E-state index is 0.0684. The minimum atomic E-state index is 0.0684. The van der Waals surface area contributed by atoms with Gasteiger partial charge < -0.3 is 9.47 Å². The lowest BCUT2D eigenvalue weighted by Gasteiger charge is -2.22. The Hall–Kier alpha value is -2.89. The predicted octanol–water partition coefficient (Wildman–Crippen LogP) is 3.80. The summed E-state index contributed by atoms with van der Waals surface area (Å²) < 4.78 is 13.1. The van der Waals surface area contributed by atoms with E-state index in [-0.39, 0.29) is 18.3 Å². The number of fused-ring (bicyclic) bond motifs is 1. The third-order valence-electron chi connectivity index (χ3n) is 5.10. The van der Waals surface area contributed by atoms with E-state index < -0.39 is 0 Å². The summed E-state index contributed by atoms with van der Waals surface area (Å²) in [6, 6.07) is 13.3. The zero-order valence-corrected chi connectivity index (χ0v) is 16.1. The van der Waals surface area contributed by atoms with Crippen molar-refractivity contribution in [2.45, 2.75) is 51.0 Å². The number of aromatic nitrogens is 3. The van der Waals surface area contributed by atoms with Crippen LogP contribution < -0.4 is 9.47 Å². The number of rotatable bonds is 7. The first kappa shape index (κ1) is 18.5. The highest BCUT2D eigenvalue weighted by Crippen LogP contribution is 2.23. The summed E-state index contributed by atoms with van der Waals surface area (Å²) in [4.78, 5) is 17.0. The van der Waals surface area contributed by atoms with Gasteiger partial charge in [0.05, 0.1) is 13.5 Å². The van der Waals surface area contributed by atoms with E-state index in [9.17, 15) is 4.79 Å². The van der Waals surface area contributed by atoms with E-state index in [0.717, 1.165) is 24.2 Å². The number of methoxy groups -OCH3 is 1. The molecule has 3 aromatic rings. The van der Waals surface area contributed by atoms with Crippen molar-refractivity contribution < 1.29 is 14.3 Å². The van der Waals surface area contributed by atoms with Gasteiger partial charge in [-0.15, -0.1) is 5.10 Å². The first-order chi connectivity index (χ1) is 13.7. The van der Waals surface area contributed by atoms with Crippen LogP contribution in [0, 0.1) is 0 Å².